The van der Waals surface area contributed by atoms with E-state index in [1.165, 1.54) is 50.8 Å². The number of rotatable bonds is 12. The molecule has 0 atom stereocenters. The number of hydrogen-bond acceptors (Lipinski definition) is 5. The second kappa shape index (κ2) is 11.6. The predicted octanol–water partition coefficient (Wildman–Crippen LogP) is 3.74. The zero-order valence-corrected chi connectivity index (χ0v) is 18.6. The molecule has 2 aromatic carbocycles. The highest BCUT2D eigenvalue weighted by atomic mass is 32.2. The lowest BCUT2D eigenvalue weighted by molar-refractivity contribution is -0.116. The van der Waals surface area contributed by atoms with E-state index >= 15 is 0 Å². The van der Waals surface area contributed by atoms with Crippen molar-refractivity contribution in [2.45, 2.75) is 43.9 Å². The molecule has 30 heavy (non-hydrogen) atoms. The number of anilines is 1. The van der Waals surface area contributed by atoms with Crippen LogP contribution in [0.2, 0.25) is 0 Å². The third kappa shape index (κ3) is 7.03. The van der Waals surface area contributed by atoms with E-state index in [-0.39, 0.29) is 23.8 Å². The highest BCUT2D eigenvalue weighted by molar-refractivity contribution is 7.89. The lowest BCUT2D eigenvalue weighted by Crippen LogP contribution is -2.27. The first-order valence-electron chi connectivity index (χ1n) is 10.00. The smallest absolute Gasteiger partial charge is 0.240 e. The number of ether oxygens (including phenoxy) is 2. The van der Waals surface area contributed by atoms with Crippen molar-refractivity contribution in [3.8, 4) is 11.5 Å². The van der Waals surface area contributed by atoms with Crippen molar-refractivity contribution in [1.29, 1.82) is 0 Å². The van der Waals surface area contributed by atoms with Crippen molar-refractivity contribution in [2.75, 3.05) is 26.1 Å². The molecule has 2 rings (SSSR count). The molecule has 0 radical (unpaired) electrons. The summed E-state index contributed by atoms with van der Waals surface area (Å²) < 4.78 is 37.6. The molecule has 0 aliphatic rings. The van der Waals surface area contributed by atoms with E-state index in [0.29, 0.717) is 17.2 Å². The van der Waals surface area contributed by atoms with E-state index in [1.54, 1.807) is 0 Å². The van der Waals surface area contributed by atoms with Gasteiger partial charge in [0.1, 0.15) is 0 Å². The van der Waals surface area contributed by atoms with Gasteiger partial charge in [0, 0.05) is 24.7 Å². The lowest BCUT2D eigenvalue weighted by Gasteiger charge is -2.11. The monoisotopic (exact) mass is 434 g/mol. The van der Waals surface area contributed by atoms with Crippen molar-refractivity contribution < 1.29 is 22.7 Å². The zero-order chi connectivity index (χ0) is 22.0. The van der Waals surface area contributed by atoms with Gasteiger partial charge in [0.05, 0.1) is 19.1 Å². The maximum absolute atomic E-state index is 12.4. The minimum atomic E-state index is -3.77. The van der Waals surface area contributed by atoms with Crippen LogP contribution in [0.5, 0.6) is 11.5 Å². The first-order chi connectivity index (χ1) is 14.4. The van der Waals surface area contributed by atoms with Gasteiger partial charge >= 0.3 is 0 Å². The van der Waals surface area contributed by atoms with Gasteiger partial charge in [-0.05, 0) is 42.7 Å². The van der Waals surface area contributed by atoms with Crippen molar-refractivity contribution in [1.82, 2.24) is 4.72 Å². The van der Waals surface area contributed by atoms with Crippen LogP contribution in [0.4, 0.5) is 5.69 Å². The second-order valence-corrected chi connectivity index (χ2v) is 8.63. The molecule has 2 N–H and O–H groups in total. The summed E-state index contributed by atoms with van der Waals surface area (Å²) in [6.07, 6.45) is 4.59. The molecule has 0 aliphatic carbocycles. The average Bonchev–Trinajstić information content (AvgIpc) is 2.74. The molecule has 0 bridgehead atoms. The Morgan fingerprint density at radius 3 is 2.30 bits per heavy atom. The number of sulfonamides is 1. The van der Waals surface area contributed by atoms with E-state index in [9.17, 15) is 13.2 Å². The molecule has 0 spiro atoms. The molecule has 0 saturated heterocycles. The average molecular weight is 435 g/mol. The van der Waals surface area contributed by atoms with Crippen molar-refractivity contribution >= 4 is 21.6 Å². The Labute approximate surface area is 178 Å². The van der Waals surface area contributed by atoms with Gasteiger partial charge in [0.25, 0.3) is 0 Å². The minimum absolute atomic E-state index is 0.0163. The summed E-state index contributed by atoms with van der Waals surface area (Å²) >= 11 is 0. The first kappa shape index (κ1) is 23.7. The molecule has 0 heterocycles. The molecule has 164 valence electrons. The van der Waals surface area contributed by atoms with Crippen LogP contribution in [0.1, 0.15) is 38.2 Å². The number of carbonyl (C=O) groups is 1. The van der Waals surface area contributed by atoms with Gasteiger partial charge in [-0.1, -0.05) is 31.9 Å². The van der Waals surface area contributed by atoms with Gasteiger partial charge < -0.3 is 14.8 Å². The van der Waals surface area contributed by atoms with Crippen molar-refractivity contribution in [3.63, 3.8) is 0 Å². The van der Waals surface area contributed by atoms with Crippen LogP contribution < -0.4 is 19.5 Å². The van der Waals surface area contributed by atoms with Gasteiger partial charge in [0.2, 0.25) is 15.9 Å². The van der Waals surface area contributed by atoms with Gasteiger partial charge in [0.15, 0.2) is 11.5 Å². The molecular weight excluding hydrogens is 404 g/mol. The molecule has 0 saturated carbocycles. The summed E-state index contributed by atoms with van der Waals surface area (Å²) in [6, 6.07) is 12.1. The van der Waals surface area contributed by atoms with Gasteiger partial charge in [-0.2, -0.15) is 0 Å². The number of aryl methyl sites for hydroxylation is 1. The Balaban J connectivity index is 1.84. The van der Waals surface area contributed by atoms with Crippen LogP contribution in [0.15, 0.2) is 47.4 Å². The topological polar surface area (TPSA) is 93.7 Å². The van der Waals surface area contributed by atoms with Gasteiger partial charge in [-0.25, -0.2) is 13.1 Å². The Morgan fingerprint density at radius 1 is 0.967 bits per heavy atom. The fraction of sp³-hybridized carbons (Fsp3) is 0.409. The number of hydrogen-bond donors (Lipinski definition) is 2. The molecule has 0 aromatic heterocycles. The Kier molecular flexibility index (Phi) is 9.14. The van der Waals surface area contributed by atoms with E-state index in [4.69, 9.17) is 9.47 Å². The van der Waals surface area contributed by atoms with Crippen molar-refractivity contribution in [2.24, 2.45) is 0 Å². The third-order valence-electron chi connectivity index (χ3n) is 4.62. The molecule has 1 amide bonds. The Hall–Kier alpha value is -2.58. The highest BCUT2D eigenvalue weighted by Gasteiger charge is 2.17. The SMILES string of the molecule is CCCCCc1ccc(NC(=O)CCNS(=O)(=O)c2ccc(OC)c(OC)c2)cc1. The lowest BCUT2D eigenvalue weighted by atomic mass is 10.1. The highest BCUT2D eigenvalue weighted by Crippen LogP contribution is 2.29. The largest absolute Gasteiger partial charge is 0.493 e. The zero-order valence-electron chi connectivity index (χ0n) is 17.7. The summed E-state index contributed by atoms with van der Waals surface area (Å²) in [4.78, 5) is 12.2. The Morgan fingerprint density at radius 2 is 1.67 bits per heavy atom. The molecule has 0 unspecified atom stereocenters. The summed E-state index contributed by atoms with van der Waals surface area (Å²) in [5, 5.41) is 2.79. The molecule has 0 fully saturated rings. The number of methoxy groups -OCH3 is 2. The Bertz CT molecular complexity index is 927. The fourth-order valence-electron chi connectivity index (χ4n) is 2.92. The number of amides is 1. The quantitative estimate of drug-likeness (QED) is 0.496. The van der Waals surface area contributed by atoms with E-state index in [2.05, 4.69) is 17.0 Å². The van der Waals surface area contributed by atoms with E-state index in [0.717, 1.165) is 12.8 Å². The standard InChI is InChI=1S/C22H30N2O5S/c1-4-5-6-7-17-8-10-18(11-9-17)24-22(25)14-15-23-30(26,27)19-12-13-20(28-2)21(16-19)29-3/h8-13,16,23H,4-7,14-15H2,1-3H3,(H,24,25). The number of benzene rings is 2. The van der Waals surface area contributed by atoms with Crippen molar-refractivity contribution in [3.05, 3.63) is 48.0 Å². The molecule has 8 heteroatoms. The summed E-state index contributed by atoms with van der Waals surface area (Å²) in [5.74, 6) is 0.493. The molecular formula is C22H30N2O5S. The molecule has 7 nitrogen and oxygen atoms in total. The van der Waals surface area contributed by atoms with Crippen LogP contribution >= 0.6 is 0 Å². The van der Waals surface area contributed by atoms with E-state index in [1.807, 2.05) is 24.3 Å². The van der Waals surface area contributed by atoms with E-state index < -0.39 is 10.0 Å². The summed E-state index contributed by atoms with van der Waals surface area (Å²) in [5.41, 5.74) is 1.94. The van der Waals surface area contributed by atoms with Crippen LogP contribution in [-0.2, 0) is 21.2 Å². The van der Waals surface area contributed by atoms with Gasteiger partial charge in [-0.15, -0.1) is 0 Å². The van der Waals surface area contributed by atoms with Crippen LogP contribution in [0.3, 0.4) is 0 Å². The van der Waals surface area contributed by atoms with Crippen LogP contribution in [-0.4, -0.2) is 35.1 Å². The minimum Gasteiger partial charge on any atom is -0.493 e. The molecule has 2 aromatic rings. The predicted molar refractivity (Wildman–Crippen MR) is 118 cm³/mol. The second-order valence-electron chi connectivity index (χ2n) is 6.87. The third-order valence-corrected chi connectivity index (χ3v) is 6.07. The maximum Gasteiger partial charge on any atom is 0.240 e. The van der Waals surface area contributed by atoms with Crippen LogP contribution in [0.25, 0.3) is 0 Å². The maximum atomic E-state index is 12.4. The number of nitrogens with one attached hydrogen (secondary N) is 2. The normalized spacial score (nSPS) is 11.2. The summed E-state index contributed by atoms with van der Waals surface area (Å²) in [6.45, 7) is 2.16. The first-order valence-corrected chi connectivity index (χ1v) is 11.5. The van der Waals surface area contributed by atoms with Gasteiger partial charge in [-0.3, -0.25) is 4.79 Å². The number of carbonyl (C=O) groups excluding carboxylic acids is 1. The summed E-state index contributed by atoms with van der Waals surface area (Å²) in [7, 11) is -0.859. The fourth-order valence-corrected chi connectivity index (χ4v) is 3.97. The van der Waals surface area contributed by atoms with Crippen LogP contribution in [0, 0.1) is 0 Å². The number of unbranched alkanes of at least 4 members (excludes halogenated alkanes) is 2. The molecule has 0 aliphatic heterocycles.